The molecule has 0 aliphatic carbocycles. The van der Waals surface area contributed by atoms with E-state index < -0.39 is 0 Å². The summed E-state index contributed by atoms with van der Waals surface area (Å²) in [6, 6.07) is 7.90. The Balaban J connectivity index is 2.08. The second kappa shape index (κ2) is 4.74. The van der Waals surface area contributed by atoms with Crippen LogP contribution >= 0.6 is 11.6 Å². The summed E-state index contributed by atoms with van der Waals surface area (Å²) in [5.74, 6) is 0. The van der Waals surface area contributed by atoms with Crippen LogP contribution < -0.4 is 5.32 Å². The molecule has 0 spiro atoms. The molecule has 0 bridgehead atoms. The van der Waals surface area contributed by atoms with E-state index >= 15 is 0 Å². The van der Waals surface area contributed by atoms with Gasteiger partial charge in [0.1, 0.15) is 0 Å². The average Bonchev–Trinajstić information content (AvgIpc) is 2.41. The minimum Gasteiger partial charge on any atom is -0.372 e. The van der Waals surface area contributed by atoms with E-state index in [0.29, 0.717) is 0 Å². The summed E-state index contributed by atoms with van der Waals surface area (Å²) in [4.78, 5) is 0. The van der Waals surface area contributed by atoms with Crippen LogP contribution in [0.4, 0.5) is 0 Å². The van der Waals surface area contributed by atoms with Gasteiger partial charge in [-0.2, -0.15) is 0 Å². The largest absolute Gasteiger partial charge is 0.372 e. The van der Waals surface area contributed by atoms with Gasteiger partial charge in [-0.3, -0.25) is 0 Å². The van der Waals surface area contributed by atoms with Gasteiger partial charge in [-0.1, -0.05) is 37.6 Å². The SMILES string of the molecule is CC1(C)CNCC(c2ccc(Cl)cc2)OC1. The Kier molecular flexibility index (Phi) is 3.53. The Labute approximate surface area is 102 Å². The second-order valence-electron chi connectivity index (χ2n) is 5.15. The van der Waals surface area contributed by atoms with E-state index in [0.717, 1.165) is 24.7 Å². The molecule has 1 unspecified atom stereocenters. The monoisotopic (exact) mass is 239 g/mol. The smallest absolute Gasteiger partial charge is 0.0949 e. The maximum atomic E-state index is 5.94. The molecule has 1 N–H and O–H groups in total. The molecule has 0 aromatic heterocycles. The second-order valence-corrected chi connectivity index (χ2v) is 5.58. The molecule has 1 aromatic rings. The van der Waals surface area contributed by atoms with E-state index in [4.69, 9.17) is 16.3 Å². The van der Waals surface area contributed by atoms with Crippen LogP contribution in [-0.2, 0) is 4.74 Å². The molecule has 1 aliphatic heterocycles. The molecule has 0 radical (unpaired) electrons. The van der Waals surface area contributed by atoms with Gasteiger partial charge < -0.3 is 10.1 Å². The van der Waals surface area contributed by atoms with E-state index in [9.17, 15) is 0 Å². The predicted molar refractivity (Wildman–Crippen MR) is 66.8 cm³/mol. The van der Waals surface area contributed by atoms with Gasteiger partial charge in [0, 0.05) is 23.5 Å². The number of rotatable bonds is 1. The number of ether oxygens (including phenoxy) is 1. The van der Waals surface area contributed by atoms with Gasteiger partial charge in [0.15, 0.2) is 0 Å². The summed E-state index contributed by atoms with van der Waals surface area (Å²) < 4.78 is 5.94. The lowest BCUT2D eigenvalue weighted by atomic mass is 9.95. The molecule has 0 amide bonds. The summed E-state index contributed by atoms with van der Waals surface area (Å²) >= 11 is 5.87. The molecule has 1 atom stereocenters. The maximum Gasteiger partial charge on any atom is 0.0949 e. The molecule has 2 nitrogen and oxygen atoms in total. The van der Waals surface area contributed by atoms with Gasteiger partial charge >= 0.3 is 0 Å². The Bertz CT molecular complexity index is 347. The fourth-order valence-electron chi connectivity index (χ4n) is 1.87. The summed E-state index contributed by atoms with van der Waals surface area (Å²) in [5.41, 5.74) is 1.40. The van der Waals surface area contributed by atoms with Crippen LogP contribution in [0.3, 0.4) is 0 Å². The maximum absolute atomic E-state index is 5.94. The Hall–Kier alpha value is -0.570. The van der Waals surface area contributed by atoms with E-state index in [-0.39, 0.29) is 11.5 Å². The number of nitrogens with one attached hydrogen (secondary N) is 1. The molecule has 1 aliphatic rings. The highest BCUT2D eigenvalue weighted by Crippen LogP contribution is 2.25. The summed E-state index contributed by atoms with van der Waals surface area (Å²) in [5, 5.41) is 4.21. The number of halogens is 1. The molecule has 88 valence electrons. The third kappa shape index (κ3) is 2.97. The van der Waals surface area contributed by atoms with Gasteiger partial charge in [0.25, 0.3) is 0 Å². The van der Waals surface area contributed by atoms with Gasteiger partial charge in [-0.05, 0) is 17.7 Å². The van der Waals surface area contributed by atoms with Crippen LogP contribution in [-0.4, -0.2) is 19.7 Å². The van der Waals surface area contributed by atoms with Crippen molar-refractivity contribution in [2.24, 2.45) is 5.41 Å². The van der Waals surface area contributed by atoms with Crippen molar-refractivity contribution in [1.29, 1.82) is 0 Å². The normalized spacial score (nSPS) is 25.1. The van der Waals surface area contributed by atoms with Crippen molar-refractivity contribution in [3.8, 4) is 0 Å². The standard InChI is InChI=1S/C13H18ClNO/c1-13(2)8-15-7-12(16-9-13)10-3-5-11(14)6-4-10/h3-6,12,15H,7-9H2,1-2H3. The van der Waals surface area contributed by atoms with Crippen molar-refractivity contribution in [3.05, 3.63) is 34.9 Å². The molecule has 1 heterocycles. The van der Waals surface area contributed by atoms with Gasteiger partial charge in [-0.15, -0.1) is 0 Å². The molecule has 3 heteroatoms. The topological polar surface area (TPSA) is 21.3 Å². The zero-order valence-electron chi connectivity index (χ0n) is 9.79. The van der Waals surface area contributed by atoms with Gasteiger partial charge in [0.05, 0.1) is 12.7 Å². The number of hydrogen-bond donors (Lipinski definition) is 1. The first-order valence-electron chi connectivity index (χ1n) is 5.65. The number of hydrogen-bond acceptors (Lipinski definition) is 2. The Morgan fingerprint density at radius 1 is 1.31 bits per heavy atom. The highest BCUT2D eigenvalue weighted by atomic mass is 35.5. The van der Waals surface area contributed by atoms with E-state index in [1.54, 1.807) is 0 Å². The molecular formula is C13H18ClNO. The summed E-state index contributed by atoms with van der Waals surface area (Å²) in [6.45, 7) is 7.07. The van der Waals surface area contributed by atoms with Crippen molar-refractivity contribution in [2.45, 2.75) is 20.0 Å². The molecular weight excluding hydrogens is 222 g/mol. The van der Waals surface area contributed by atoms with E-state index in [1.807, 2.05) is 24.3 Å². The van der Waals surface area contributed by atoms with Crippen LogP contribution in [0, 0.1) is 5.41 Å². The van der Waals surface area contributed by atoms with Crippen LogP contribution in [0.1, 0.15) is 25.5 Å². The van der Waals surface area contributed by atoms with Crippen LogP contribution in [0.2, 0.25) is 5.02 Å². The van der Waals surface area contributed by atoms with Gasteiger partial charge in [0.2, 0.25) is 0 Å². The molecule has 16 heavy (non-hydrogen) atoms. The minimum atomic E-state index is 0.138. The molecule has 1 aromatic carbocycles. The Morgan fingerprint density at radius 3 is 2.69 bits per heavy atom. The Morgan fingerprint density at radius 2 is 2.00 bits per heavy atom. The van der Waals surface area contributed by atoms with E-state index in [1.165, 1.54) is 5.56 Å². The first-order chi connectivity index (χ1) is 7.57. The minimum absolute atomic E-state index is 0.138. The zero-order chi connectivity index (χ0) is 11.6. The van der Waals surface area contributed by atoms with Gasteiger partial charge in [-0.25, -0.2) is 0 Å². The lowest BCUT2D eigenvalue weighted by molar-refractivity contribution is 0.0260. The fraction of sp³-hybridized carbons (Fsp3) is 0.538. The quantitative estimate of drug-likeness (QED) is 0.814. The molecule has 1 saturated heterocycles. The number of benzene rings is 1. The highest BCUT2D eigenvalue weighted by molar-refractivity contribution is 6.30. The third-order valence-corrected chi connectivity index (χ3v) is 3.10. The van der Waals surface area contributed by atoms with Crippen molar-refractivity contribution in [3.63, 3.8) is 0 Å². The van der Waals surface area contributed by atoms with Crippen LogP contribution in [0.25, 0.3) is 0 Å². The highest BCUT2D eigenvalue weighted by Gasteiger charge is 2.25. The first-order valence-corrected chi connectivity index (χ1v) is 6.02. The van der Waals surface area contributed by atoms with Crippen molar-refractivity contribution < 1.29 is 4.74 Å². The van der Waals surface area contributed by atoms with Crippen LogP contribution in [0.15, 0.2) is 24.3 Å². The average molecular weight is 240 g/mol. The predicted octanol–water partition coefficient (Wildman–Crippen LogP) is 3.03. The van der Waals surface area contributed by atoms with Crippen LogP contribution in [0.5, 0.6) is 0 Å². The lowest BCUT2D eigenvalue weighted by Gasteiger charge is -2.21. The molecule has 1 fully saturated rings. The summed E-state index contributed by atoms with van der Waals surface area (Å²) in [7, 11) is 0. The molecule has 0 saturated carbocycles. The lowest BCUT2D eigenvalue weighted by Crippen LogP contribution is -2.29. The van der Waals surface area contributed by atoms with Crippen molar-refractivity contribution >= 4 is 11.6 Å². The zero-order valence-corrected chi connectivity index (χ0v) is 10.6. The third-order valence-electron chi connectivity index (χ3n) is 2.85. The summed E-state index contributed by atoms with van der Waals surface area (Å²) in [6.07, 6.45) is 0.138. The van der Waals surface area contributed by atoms with Crippen molar-refractivity contribution in [1.82, 2.24) is 5.32 Å². The first kappa shape index (κ1) is 11.9. The molecule has 2 rings (SSSR count). The van der Waals surface area contributed by atoms with E-state index in [2.05, 4.69) is 19.2 Å². The van der Waals surface area contributed by atoms with Crippen molar-refractivity contribution in [2.75, 3.05) is 19.7 Å². The fourth-order valence-corrected chi connectivity index (χ4v) is 2.00.